The molecule has 0 saturated heterocycles. The molecular weight excluding hydrogens is 457 g/mol. The number of carbonyl (C=O) groups is 1. The number of aliphatic hydroxyl groups excluding tert-OH is 1. The van der Waals surface area contributed by atoms with Gasteiger partial charge < -0.3 is 15.4 Å². The van der Waals surface area contributed by atoms with E-state index in [2.05, 4.69) is 25.3 Å². The normalized spacial score (nSPS) is 14.3. The van der Waals surface area contributed by atoms with Gasteiger partial charge in [-0.2, -0.15) is 0 Å². The smallest absolute Gasteiger partial charge is 0.272 e. The largest absolute Gasteiger partial charge is 0.390 e. The zero-order valence-electron chi connectivity index (χ0n) is 20.6. The van der Waals surface area contributed by atoms with Crippen LogP contribution in [0.3, 0.4) is 0 Å². The van der Waals surface area contributed by atoms with Crippen molar-refractivity contribution in [1.29, 1.82) is 0 Å². The highest BCUT2D eigenvalue weighted by Crippen LogP contribution is 2.31. The molecule has 0 bridgehead atoms. The molecule has 0 aliphatic carbocycles. The molecule has 3 N–H and O–H groups in total. The summed E-state index contributed by atoms with van der Waals surface area (Å²) in [5.74, 6) is -0.0312. The lowest BCUT2D eigenvalue weighted by Gasteiger charge is -2.37. The Balaban J connectivity index is 1.67. The van der Waals surface area contributed by atoms with Gasteiger partial charge in [0, 0.05) is 18.8 Å². The fourth-order valence-electron chi connectivity index (χ4n) is 4.44. The van der Waals surface area contributed by atoms with Crippen LogP contribution in [0.2, 0.25) is 0 Å². The van der Waals surface area contributed by atoms with Gasteiger partial charge in [-0.3, -0.25) is 9.78 Å². The molecule has 1 amide bonds. The van der Waals surface area contributed by atoms with Crippen molar-refractivity contribution in [2.45, 2.75) is 63.3 Å². The number of hydrogen-bond acceptors (Lipinski definition) is 5. The molecule has 0 aliphatic rings. The van der Waals surface area contributed by atoms with Gasteiger partial charge in [-0.1, -0.05) is 55.3 Å². The molecule has 0 radical (unpaired) electrons. The number of benzene rings is 2. The van der Waals surface area contributed by atoms with Crippen LogP contribution in [0.1, 0.15) is 61.4 Å². The first kappa shape index (κ1) is 25.4. The Morgan fingerprint density at radius 2 is 1.78 bits per heavy atom. The Hall–Kier alpha value is -3.65. The molecule has 2 atom stereocenters. The number of H-pyrrole nitrogens is 1. The van der Waals surface area contributed by atoms with Crippen molar-refractivity contribution in [3.8, 4) is 0 Å². The summed E-state index contributed by atoms with van der Waals surface area (Å²) in [6, 6.07) is 16.9. The topological polar surface area (TPSA) is 104 Å². The molecule has 7 nitrogen and oxygen atoms in total. The molecular formula is C28H32FN5O2. The van der Waals surface area contributed by atoms with E-state index in [9.17, 15) is 14.3 Å². The van der Waals surface area contributed by atoms with E-state index in [1.165, 1.54) is 6.20 Å². The number of fused-ring (bicyclic) bond motifs is 1. The second-order valence-corrected chi connectivity index (χ2v) is 9.75. The van der Waals surface area contributed by atoms with Gasteiger partial charge in [0.05, 0.1) is 23.3 Å². The average Bonchev–Trinajstić information content (AvgIpc) is 3.41. The monoisotopic (exact) mass is 489 g/mol. The van der Waals surface area contributed by atoms with Crippen molar-refractivity contribution >= 4 is 16.9 Å². The second kappa shape index (κ2) is 11.0. The Morgan fingerprint density at radius 3 is 2.47 bits per heavy atom. The summed E-state index contributed by atoms with van der Waals surface area (Å²) in [5.41, 5.74) is -0.180. The highest BCUT2D eigenvalue weighted by molar-refractivity contribution is 5.94. The number of amides is 1. The minimum atomic E-state index is -1.27. The molecule has 4 rings (SSSR count). The summed E-state index contributed by atoms with van der Waals surface area (Å²) in [5, 5.41) is 14.6. The van der Waals surface area contributed by atoms with Crippen LogP contribution in [0, 0.1) is 0 Å². The fourth-order valence-corrected chi connectivity index (χ4v) is 4.44. The molecule has 36 heavy (non-hydrogen) atoms. The molecule has 8 heteroatoms. The Bertz CT molecular complexity index is 1270. The van der Waals surface area contributed by atoms with E-state index in [0.29, 0.717) is 49.0 Å². The predicted molar refractivity (Wildman–Crippen MR) is 137 cm³/mol. The highest BCUT2D eigenvalue weighted by atomic mass is 19.1. The average molecular weight is 490 g/mol. The van der Waals surface area contributed by atoms with Crippen LogP contribution in [-0.2, 0) is 12.0 Å². The van der Waals surface area contributed by atoms with Crippen molar-refractivity contribution in [1.82, 2.24) is 25.3 Å². The lowest BCUT2D eigenvalue weighted by Crippen LogP contribution is -2.56. The Labute approximate surface area is 210 Å². The number of nitrogens with one attached hydrogen (secondary N) is 2. The molecule has 188 valence electrons. The minimum Gasteiger partial charge on any atom is -0.390 e. The molecule has 0 unspecified atom stereocenters. The number of aromatic nitrogens is 4. The van der Waals surface area contributed by atoms with Gasteiger partial charge in [-0.05, 0) is 44.4 Å². The van der Waals surface area contributed by atoms with E-state index in [4.69, 9.17) is 0 Å². The highest BCUT2D eigenvalue weighted by Gasteiger charge is 2.44. The third-order valence-electron chi connectivity index (χ3n) is 6.33. The molecule has 0 spiro atoms. The van der Waals surface area contributed by atoms with Crippen LogP contribution in [0.15, 0.2) is 73.2 Å². The van der Waals surface area contributed by atoms with Crippen molar-refractivity contribution in [3.05, 3.63) is 90.3 Å². The molecule has 4 aromatic rings. The summed E-state index contributed by atoms with van der Waals surface area (Å²) < 4.78 is 14.0. The number of aliphatic hydroxyl groups is 1. The number of halogens is 1. The van der Waals surface area contributed by atoms with E-state index in [-0.39, 0.29) is 5.69 Å². The lowest BCUT2D eigenvalue weighted by atomic mass is 9.81. The molecule has 2 aromatic carbocycles. The van der Waals surface area contributed by atoms with Crippen molar-refractivity contribution < 1.29 is 14.3 Å². The van der Waals surface area contributed by atoms with Crippen LogP contribution in [-0.4, -0.2) is 42.7 Å². The Morgan fingerprint density at radius 1 is 1.06 bits per heavy atom. The molecule has 0 fully saturated rings. The van der Waals surface area contributed by atoms with Crippen molar-refractivity contribution in [2.24, 2.45) is 0 Å². The summed E-state index contributed by atoms with van der Waals surface area (Å²) in [6.45, 7) is 3.10. The number of aromatic amines is 1. The van der Waals surface area contributed by atoms with Crippen LogP contribution in [0.4, 0.5) is 4.39 Å². The third-order valence-corrected chi connectivity index (χ3v) is 6.33. The number of rotatable bonds is 11. The predicted octanol–water partition coefficient (Wildman–Crippen LogP) is 4.89. The third kappa shape index (κ3) is 6.12. The molecule has 0 saturated carbocycles. The zero-order valence-corrected chi connectivity index (χ0v) is 20.6. The maximum Gasteiger partial charge on any atom is 0.272 e. The number of nitrogens with zero attached hydrogens (tertiary/aromatic N) is 3. The second-order valence-electron chi connectivity index (χ2n) is 9.75. The number of imidazole rings is 1. The van der Waals surface area contributed by atoms with E-state index < -0.39 is 23.2 Å². The first-order valence-corrected chi connectivity index (χ1v) is 12.2. The molecule has 2 aromatic heterocycles. The Kier molecular flexibility index (Phi) is 7.74. The van der Waals surface area contributed by atoms with Gasteiger partial charge in [-0.25, -0.2) is 14.4 Å². The summed E-state index contributed by atoms with van der Waals surface area (Å²) in [6.07, 6.45) is 5.95. The van der Waals surface area contributed by atoms with Crippen LogP contribution in [0.25, 0.3) is 11.0 Å². The van der Waals surface area contributed by atoms with Crippen LogP contribution in [0.5, 0.6) is 0 Å². The van der Waals surface area contributed by atoms with Gasteiger partial charge in [0.1, 0.15) is 22.7 Å². The number of alkyl halides is 1. The summed E-state index contributed by atoms with van der Waals surface area (Å²) in [4.78, 5) is 29.9. The van der Waals surface area contributed by atoms with E-state index in [1.807, 2.05) is 48.5 Å². The van der Waals surface area contributed by atoms with Crippen LogP contribution >= 0.6 is 0 Å². The number of unbranched alkanes of at least 4 members (excludes halogenated alkanes) is 1. The first-order chi connectivity index (χ1) is 17.3. The summed E-state index contributed by atoms with van der Waals surface area (Å²) >= 11 is 0. The van der Waals surface area contributed by atoms with Gasteiger partial charge in [0.15, 0.2) is 0 Å². The van der Waals surface area contributed by atoms with Crippen molar-refractivity contribution in [3.63, 3.8) is 0 Å². The summed E-state index contributed by atoms with van der Waals surface area (Å²) in [7, 11) is 0. The van der Waals surface area contributed by atoms with E-state index in [1.54, 1.807) is 32.3 Å². The number of hydrogen-bond donors (Lipinski definition) is 3. The molecule has 2 heterocycles. The van der Waals surface area contributed by atoms with Gasteiger partial charge in [-0.15, -0.1) is 0 Å². The lowest BCUT2D eigenvalue weighted by molar-refractivity contribution is 0.0362. The van der Waals surface area contributed by atoms with E-state index >= 15 is 0 Å². The van der Waals surface area contributed by atoms with Gasteiger partial charge in [0.2, 0.25) is 0 Å². The quantitative estimate of drug-likeness (QED) is 0.260. The van der Waals surface area contributed by atoms with Gasteiger partial charge in [0.25, 0.3) is 5.91 Å². The SMILES string of the molecule is CC(C)(F)CCCC[C@H](O)[C@@](Cc1ccccc1)(NC(=O)c1cnc2ccccc2n1)c1ncc[nH]1. The number of para-hydroxylation sites is 2. The fraction of sp³-hybridized carbons (Fsp3) is 0.357. The van der Waals surface area contributed by atoms with Crippen LogP contribution < -0.4 is 5.32 Å². The maximum absolute atomic E-state index is 14.0. The number of carbonyl (C=O) groups excluding carboxylic acids is 1. The maximum atomic E-state index is 14.0. The molecule has 0 aliphatic heterocycles. The van der Waals surface area contributed by atoms with E-state index in [0.717, 1.165) is 5.56 Å². The van der Waals surface area contributed by atoms with Gasteiger partial charge >= 0.3 is 0 Å². The standard InChI is InChI=1S/C28H32FN5O2/c1-27(2,29)15-9-8-14-24(35)28(26-30-16-17-31-26,18-20-10-4-3-5-11-20)34-25(36)23-19-32-21-12-6-7-13-22(21)33-23/h3-7,10-13,16-17,19,24,35H,8-9,14-15,18H2,1-2H3,(H,30,31)(H,34,36)/t24-,28+/m0/s1. The minimum absolute atomic E-state index is 0.143. The van der Waals surface area contributed by atoms with Crippen molar-refractivity contribution in [2.75, 3.05) is 0 Å². The first-order valence-electron chi connectivity index (χ1n) is 12.2. The zero-order chi connectivity index (χ0) is 25.6.